The minimum absolute atomic E-state index is 0.331. The van der Waals surface area contributed by atoms with Gasteiger partial charge in [0.1, 0.15) is 0 Å². The van der Waals surface area contributed by atoms with E-state index in [0.29, 0.717) is 17.3 Å². The highest BCUT2D eigenvalue weighted by Gasteiger charge is 2.19. The van der Waals surface area contributed by atoms with Crippen molar-refractivity contribution in [2.24, 2.45) is 0 Å². The number of halogens is 1. The lowest BCUT2D eigenvalue weighted by molar-refractivity contribution is 0.0982. The molecule has 2 rings (SSSR count). The number of nitrogens with one attached hydrogen (secondary N) is 2. The number of carbonyl (C=O) groups excluding carboxylic acids is 1. The third kappa shape index (κ3) is 5.00. The highest BCUT2D eigenvalue weighted by Crippen LogP contribution is 2.26. The summed E-state index contributed by atoms with van der Waals surface area (Å²) in [4.78, 5) is 12.1. The van der Waals surface area contributed by atoms with Gasteiger partial charge in [-0.25, -0.2) is 13.1 Å². The number of carbonyl (C=O) groups is 1. The maximum Gasteiger partial charge on any atom is 0.266 e. The Morgan fingerprint density at radius 2 is 1.90 bits per heavy atom. The zero-order valence-corrected chi connectivity index (χ0v) is 14.3. The Morgan fingerprint density at radius 1 is 1.24 bits per heavy atom. The lowest BCUT2D eigenvalue weighted by atomic mass is 9.95. The number of hydrogen-bond donors (Lipinski definition) is 2. The van der Waals surface area contributed by atoms with E-state index in [-0.39, 0.29) is 0 Å². The van der Waals surface area contributed by atoms with Gasteiger partial charge in [-0.05, 0) is 31.0 Å². The standard InChI is InChI=1S/C14H19BrN2O3S/c1-21(19,20)17-14(18)12-8-7-10(15)9-13(12)16-11-5-3-2-4-6-11/h7-9,11,16H,2-6H2,1H3,(H,17,18). The minimum Gasteiger partial charge on any atom is -0.382 e. The van der Waals surface area contributed by atoms with Crippen molar-refractivity contribution < 1.29 is 13.2 Å². The van der Waals surface area contributed by atoms with Crippen molar-refractivity contribution in [3.63, 3.8) is 0 Å². The molecule has 0 bridgehead atoms. The average Bonchev–Trinajstić information content (AvgIpc) is 2.37. The largest absolute Gasteiger partial charge is 0.382 e. The smallest absolute Gasteiger partial charge is 0.266 e. The third-order valence-electron chi connectivity index (χ3n) is 3.47. The quantitative estimate of drug-likeness (QED) is 0.849. The second-order valence-electron chi connectivity index (χ2n) is 5.37. The first-order valence-electron chi connectivity index (χ1n) is 6.93. The molecule has 7 heteroatoms. The molecule has 1 aliphatic carbocycles. The van der Waals surface area contributed by atoms with Crippen LogP contribution in [0.25, 0.3) is 0 Å². The molecule has 0 spiro atoms. The van der Waals surface area contributed by atoms with Gasteiger partial charge in [0.2, 0.25) is 10.0 Å². The summed E-state index contributed by atoms with van der Waals surface area (Å²) in [5.74, 6) is -0.608. The summed E-state index contributed by atoms with van der Waals surface area (Å²) < 4.78 is 25.3. The molecule has 1 amide bonds. The van der Waals surface area contributed by atoms with Crippen LogP contribution in [-0.2, 0) is 10.0 Å². The molecule has 1 aromatic carbocycles. The first-order chi connectivity index (χ1) is 9.85. The lowest BCUT2D eigenvalue weighted by Gasteiger charge is -2.25. The molecule has 1 aromatic rings. The molecule has 0 heterocycles. The van der Waals surface area contributed by atoms with Crippen LogP contribution in [-0.4, -0.2) is 26.6 Å². The second kappa shape index (κ2) is 6.79. The Bertz CT molecular complexity index is 625. The van der Waals surface area contributed by atoms with Gasteiger partial charge >= 0.3 is 0 Å². The molecule has 0 atom stereocenters. The maximum atomic E-state index is 12.1. The molecular weight excluding hydrogens is 356 g/mol. The van der Waals surface area contributed by atoms with Crippen molar-refractivity contribution in [2.45, 2.75) is 38.1 Å². The highest BCUT2D eigenvalue weighted by molar-refractivity contribution is 9.10. The van der Waals surface area contributed by atoms with E-state index in [4.69, 9.17) is 0 Å². The number of benzene rings is 1. The van der Waals surface area contributed by atoms with Crippen LogP contribution in [0.1, 0.15) is 42.5 Å². The van der Waals surface area contributed by atoms with Crippen LogP contribution in [0.5, 0.6) is 0 Å². The predicted octanol–water partition coefficient (Wildman–Crippen LogP) is 2.88. The summed E-state index contributed by atoms with van der Waals surface area (Å²) in [7, 11) is -3.57. The Labute approximate surface area is 133 Å². The van der Waals surface area contributed by atoms with E-state index in [1.54, 1.807) is 12.1 Å². The van der Waals surface area contributed by atoms with Crippen LogP contribution in [0.3, 0.4) is 0 Å². The van der Waals surface area contributed by atoms with Crippen LogP contribution < -0.4 is 10.0 Å². The number of rotatable bonds is 4. The van der Waals surface area contributed by atoms with Gasteiger partial charge in [0.25, 0.3) is 5.91 Å². The topological polar surface area (TPSA) is 75.3 Å². The molecule has 1 fully saturated rings. The molecule has 116 valence electrons. The normalized spacial score (nSPS) is 16.5. The summed E-state index contributed by atoms with van der Waals surface area (Å²) >= 11 is 3.38. The Kier molecular flexibility index (Phi) is 5.27. The van der Waals surface area contributed by atoms with Crippen molar-refractivity contribution in [1.82, 2.24) is 4.72 Å². The van der Waals surface area contributed by atoms with Gasteiger partial charge in [-0.15, -0.1) is 0 Å². The fourth-order valence-electron chi connectivity index (χ4n) is 2.52. The van der Waals surface area contributed by atoms with Crippen LogP contribution >= 0.6 is 15.9 Å². The van der Waals surface area contributed by atoms with Gasteiger partial charge in [0, 0.05) is 16.2 Å². The fourth-order valence-corrected chi connectivity index (χ4v) is 3.33. The van der Waals surface area contributed by atoms with Crippen molar-refractivity contribution >= 4 is 37.5 Å². The molecule has 2 N–H and O–H groups in total. The molecule has 0 saturated heterocycles. The first-order valence-corrected chi connectivity index (χ1v) is 9.62. The van der Waals surface area contributed by atoms with E-state index in [9.17, 15) is 13.2 Å². The summed E-state index contributed by atoms with van der Waals surface area (Å²) in [6.07, 6.45) is 6.71. The predicted molar refractivity (Wildman–Crippen MR) is 86.9 cm³/mol. The molecular formula is C14H19BrN2O3S. The molecule has 0 unspecified atom stereocenters. The molecule has 1 aliphatic rings. The van der Waals surface area contributed by atoms with Crippen molar-refractivity contribution in [1.29, 1.82) is 0 Å². The van der Waals surface area contributed by atoms with Crippen LogP contribution in [0.15, 0.2) is 22.7 Å². The average molecular weight is 375 g/mol. The summed E-state index contributed by atoms with van der Waals surface area (Å²) in [5, 5.41) is 3.37. The van der Waals surface area contributed by atoms with Crippen LogP contribution in [0, 0.1) is 0 Å². The lowest BCUT2D eigenvalue weighted by Crippen LogP contribution is -2.31. The molecule has 5 nitrogen and oxygen atoms in total. The van der Waals surface area contributed by atoms with Gasteiger partial charge in [-0.2, -0.15) is 0 Å². The van der Waals surface area contributed by atoms with Gasteiger partial charge in [0.15, 0.2) is 0 Å². The summed E-state index contributed by atoms with van der Waals surface area (Å²) in [5.41, 5.74) is 1.01. The van der Waals surface area contributed by atoms with E-state index >= 15 is 0 Å². The van der Waals surface area contributed by atoms with E-state index < -0.39 is 15.9 Å². The van der Waals surface area contributed by atoms with Crippen molar-refractivity contribution in [3.05, 3.63) is 28.2 Å². The maximum absolute atomic E-state index is 12.1. The Hall–Kier alpha value is -1.08. The van der Waals surface area contributed by atoms with Crippen molar-refractivity contribution in [2.75, 3.05) is 11.6 Å². The Morgan fingerprint density at radius 3 is 2.52 bits per heavy atom. The Balaban J connectivity index is 2.22. The SMILES string of the molecule is CS(=O)(=O)NC(=O)c1ccc(Br)cc1NC1CCCCC1. The number of sulfonamides is 1. The van der Waals surface area contributed by atoms with E-state index in [2.05, 4.69) is 21.2 Å². The molecule has 0 aromatic heterocycles. The molecule has 21 heavy (non-hydrogen) atoms. The van der Waals surface area contributed by atoms with Gasteiger partial charge in [0.05, 0.1) is 11.8 Å². The molecule has 0 aliphatic heterocycles. The minimum atomic E-state index is -3.57. The van der Waals surface area contributed by atoms with Gasteiger partial charge in [-0.3, -0.25) is 4.79 Å². The third-order valence-corrected chi connectivity index (χ3v) is 4.52. The van der Waals surface area contributed by atoms with Crippen LogP contribution in [0.2, 0.25) is 0 Å². The van der Waals surface area contributed by atoms with Gasteiger partial charge in [-0.1, -0.05) is 35.2 Å². The number of anilines is 1. The van der Waals surface area contributed by atoms with E-state index in [0.717, 1.165) is 23.6 Å². The van der Waals surface area contributed by atoms with E-state index in [1.807, 2.05) is 10.8 Å². The first kappa shape index (κ1) is 16.3. The number of hydrogen-bond acceptors (Lipinski definition) is 4. The second-order valence-corrected chi connectivity index (χ2v) is 8.04. The molecule has 0 radical (unpaired) electrons. The van der Waals surface area contributed by atoms with Crippen molar-refractivity contribution in [3.8, 4) is 0 Å². The van der Waals surface area contributed by atoms with Crippen LogP contribution in [0.4, 0.5) is 5.69 Å². The zero-order chi connectivity index (χ0) is 15.5. The van der Waals surface area contributed by atoms with Gasteiger partial charge < -0.3 is 5.32 Å². The fraction of sp³-hybridized carbons (Fsp3) is 0.500. The number of amides is 1. The summed E-state index contributed by atoms with van der Waals surface area (Å²) in [6.45, 7) is 0. The molecule has 1 saturated carbocycles. The highest BCUT2D eigenvalue weighted by atomic mass is 79.9. The zero-order valence-electron chi connectivity index (χ0n) is 11.9. The van der Waals surface area contributed by atoms with E-state index in [1.165, 1.54) is 19.3 Å². The summed E-state index contributed by atoms with van der Waals surface area (Å²) in [6, 6.07) is 5.49. The monoisotopic (exact) mass is 374 g/mol.